The molecule has 6 aromatic rings. The molecular weight excluding hydrogens is 646 g/mol. The number of carbonyl (C=O) groups excluding carboxylic acids is 1. The maximum Gasteiger partial charge on any atom is 0.255 e. The van der Waals surface area contributed by atoms with Crippen molar-refractivity contribution in [3.05, 3.63) is 114 Å². The first-order chi connectivity index (χ1) is 24.2. The second-order valence-corrected chi connectivity index (χ2v) is 20.0. The second kappa shape index (κ2) is 14.3. The highest BCUT2D eigenvalue weighted by atomic mass is 28.3. The molecule has 50 heavy (non-hydrogen) atoms. The second-order valence-electron chi connectivity index (χ2n) is 14.3. The minimum absolute atomic E-state index is 0.0319. The van der Waals surface area contributed by atoms with Crippen molar-refractivity contribution in [1.29, 1.82) is 0 Å². The van der Waals surface area contributed by atoms with Crippen molar-refractivity contribution in [3.63, 3.8) is 0 Å². The number of benzene rings is 3. The van der Waals surface area contributed by atoms with Crippen molar-refractivity contribution < 1.29 is 13.9 Å². The Morgan fingerprint density at radius 1 is 1.02 bits per heavy atom. The summed E-state index contributed by atoms with van der Waals surface area (Å²) in [5, 5.41) is 8.85. The fourth-order valence-electron chi connectivity index (χ4n) is 6.62. The van der Waals surface area contributed by atoms with E-state index in [-0.39, 0.29) is 30.5 Å². The van der Waals surface area contributed by atoms with E-state index in [1.165, 1.54) is 17.2 Å². The number of fused-ring (bicyclic) bond motifs is 2. The predicted molar refractivity (Wildman–Crippen MR) is 198 cm³/mol. The van der Waals surface area contributed by atoms with E-state index < -0.39 is 8.07 Å². The summed E-state index contributed by atoms with van der Waals surface area (Å²) in [6, 6.07) is 27.0. The van der Waals surface area contributed by atoms with Gasteiger partial charge in [-0.3, -0.25) is 14.4 Å². The number of nitrogens with one attached hydrogen (secondary N) is 1. The third-order valence-corrected chi connectivity index (χ3v) is 11.0. The van der Waals surface area contributed by atoms with Crippen LogP contribution in [0.1, 0.15) is 46.9 Å². The molecule has 3 aromatic carbocycles. The van der Waals surface area contributed by atoms with Crippen LogP contribution in [0.2, 0.25) is 25.7 Å². The standard InChI is InChI=1S/C39H44FN7O2Si/c1-5-18-41-39(48)32-25-46(26-49-19-20-50(2,3)4)38-36(32)43-33(22-42-38)35-31-17-16-29(40)21-34(31)47(44-35)30-23-45(24-30)37(27-12-8-6-9-13-27)28-14-10-7-11-15-28/h6-17,21-22,25,30,37H,5,18-20,23-24,26H2,1-4H3,(H,41,48). The van der Waals surface area contributed by atoms with E-state index in [0.29, 0.717) is 46.8 Å². The van der Waals surface area contributed by atoms with Gasteiger partial charge in [0.25, 0.3) is 5.91 Å². The van der Waals surface area contributed by atoms with Gasteiger partial charge in [-0.15, -0.1) is 0 Å². The summed E-state index contributed by atoms with van der Waals surface area (Å²) in [6.45, 7) is 11.9. The number of hydrogen-bond acceptors (Lipinski definition) is 6. The first kappa shape index (κ1) is 33.8. The predicted octanol–water partition coefficient (Wildman–Crippen LogP) is 7.69. The van der Waals surface area contributed by atoms with Crippen molar-refractivity contribution in [2.75, 3.05) is 26.2 Å². The number of ether oxygens (including phenoxy) is 1. The van der Waals surface area contributed by atoms with Crippen molar-refractivity contribution in [2.24, 2.45) is 0 Å². The van der Waals surface area contributed by atoms with E-state index in [4.69, 9.17) is 19.8 Å². The van der Waals surface area contributed by atoms with Gasteiger partial charge in [0, 0.05) is 45.9 Å². The van der Waals surface area contributed by atoms with E-state index >= 15 is 0 Å². The van der Waals surface area contributed by atoms with Gasteiger partial charge >= 0.3 is 0 Å². The van der Waals surface area contributed by atoms with Crippen LogP contribution in [-0.4, -0.2) is 69.4 Å². The smallest absolute Gasteiger partial charge is 0.255 e. The topological polar surface area (TPSA) is 90.1 Å². The van der Waals surface area contributed by atoms with Gasteiger partial charge in [0.2, 0.25) is 0 Å². The van der Waals surface area contributed by atoms with E-state index in [1.807, 2.05) is 28.3 Å². The summed E-state index contributed by atoms with van der Waals surface area (Å²) >= 11 is 0. The molecule has 11 heteroatoms. The number of aromatic nitrogens is 5. The van der Waals surface area contributed by atoms with Gasteiger partial charge in [-0.2, -0.15) is 5.10 Å². The Labute approximate surface area is 293 Å². The van der Waals surface area contributed by atoms with Crippen LogP contribution in [0.15, 0.2) is 91.3 Å². The zero-order chi connectivity index (χ0) is 34.8. The molecule has 1 aliphatic heterocycles. The number of halogens is 1. The Bertz CT molecular complexity index is 2060. The quantitative estimate of drug-likeness (QED) is 0.0989. The molecule has 0 bridgehead atoms. The lowest BCUT2D eigenvalue weighted by atomic mass is 9.93. The summed E-state index contributed by atoms with van der Waals surface area (Å²) < 4.78 is 24.6. The number of amides is 1. The van der Waals surface area contributed by atoms with Crippen molar-refractivity contribution in [1.82, 2.24) is 34.5 Å². The molecule has 1 N–H and O–H groups in total. The minimum Gasteiger partial charge on any atom is -0.361 e. The molecule has 1 fully saturated rings. The number of hydrogen-bond donors (Lipinski definition) is 1. The Balaban J connectivity index is 1.22. The zero-order valence-corrected chi connectivity index (χ0v) is 30.1. The highest BCUT2D eigenvalue weighted by molar-refractivity contribution is 6.76. The third kappa shape index (κ3) is 6.98. The first-order valence-corrected chi connectivity index (χ1v) is 21.1. The molecule has 4 heterocycles. The number of carbonyl (C=O) groups is 1. The molecule has 0 aliphatic carbocycles. The molecule has 0 unspecified atom stereocenters. The molecule has 0 spiro atoms. The van der Waals surface area contributed by atoms with Crippen LogP contribution >= 0.6 is 0 Å². The monoisotopic (exact) mass is 689 g/mol. The average molecular weight is 690 g/mol. The van der Waals surface area contributed by atoms with Crippen LogP contribution in [0.4, 0.5) is 4.39 Å². The summed E-state index contributed by atoms with van der Waals surface area (Å²) in [4.78, 5) is 25.6. The molecule has 3 aromatic heterocycles. The Morgan fingerprint density at radius 3 is 2.38 bits per heavy atom. The molecule has 0 radical (unpaired) electrons. The number of likely N-dealkylation sites (tertiary alicyclic amines) is 1. The van der Waals surface area contributed by atoms with Crippen LogP contribution in [0, 0.1) is 5.82 Å². The Morgan fingerprint density at radius 2 is 1.72 bits per heavy atom. The molecule has 0 atom stereocenters. The summed E-state index contributed by atoms with van der Waals surface area (Å²) in [5.74, 6) is -0.530. The molecule has 9 nitrogen and oxygen atoms in total. The van der Waals surface area contributed by atoms with E-state index in [0.717, 1.165) is 30.9 Å². The Hall–Kier alpha value is -4.71. The SMILES string of the molecule is CCCNC(=O)c1cn(COCC[Si](C)(C)C)c2ncc(-c3nn(C4CN(C(c5ccccc5)c5ccccc5)C4)c4cc(F)ccc34)nc12. The van der Waals surface area contributed by atoms with Gasteiger partial charge in [0.15, 0.2) is 5.65 Å². The molecule has 0 saturated carbocycles. The minimum atomic E-state index is -1.26. The van der Waals surface area contributed by atoms with Gasteiger partial charge < -0.3 is 14.6 Å². The lowest BCUT2D eigenvalue weighted by Crippen LogP contribution is -2.49. The van der Waals surface area contributed by atoms with E-state index in [1.54, 1.807) is 24.5 Å². The average Bonchev–Trinajstić information content (AvgIpc) is 3.65. The first-order valence-electron chi connectivity index (χ1n) is 17.4. The molecule has 1 amide bonds. The zero-order valence-electron chi connectivity index (χ0n) is 29.1. The van der Waals surface area contributed by atoms with Crippen molar-refractivity contribution in [2.45, 2.75) is 57.8 Å². The van der Waals surface area contributed by atoms with Gasteiger partial charge in [-0.25, -0.2) is 14.4 Å². The summed E-state index contributed by atoms with van der Waals surface area (Å²) in [6.07, 6.45) is 4.29. The molecular formula is C39H44FN7O2Si. The Kier molecular flexibility index (Phi) is 9.63. The van der Waals surface area contributed by atoms with Crippen LogP contribution in [-0.2, 0) is 11.5 Å². The van der Waals surface area contributed by atoms with Crippen molar-refractivity contribution in [3.8, 4) is 11.4 Å². The summed E-state index contributed by atoms with van der Waals surface area (Å²) in [7, 11) is -1.26. The van der Waals surface area contributed by atoms with Crippen molar-refractivity contribution >= 4 is 36.0 Å². The number of rotatable bonds is 13. The van der Waals surface area contributed by atoms with Crippen LogP contribution in [0.25, 0.3) is 33.5 Å². The van der Waals surface area contributed by atoms with E-state index in [2.05, 4.69) is 78.4 Å². The normalized spacial score (nSPS) is 14.1. The molecule has 7 rings (SSSR count). The van der Waals surface area contributed by atoms with Crippen LogP contribution < -0.4 is 5.32 Å². The van der Waals surface area contributed by atoms with Crippen LogP contribution in [0.3, 0.4) is 0 Å². The highest BCUT2D eigenvalue weighted by Crippen LogP contribution is 2.38. The van der Waals surface area contributed by atoms with Gasteiger partial charge in [-0.1, -0.05) is 87.2 Å². The number of nitrogens with zero attached hydrogens (tertiary/aromatic N) is 6. The fourth-order valence-corrected chi connectivity index (χ4v) is 7.38. The van der Waals surface area contributed by atoms with Gasteiger partial charge in [-0.05, 0) is 41.8 Å². The maximum absolute atomic E-state index is 14.8. The fraction of sp³-hybridized carbons (Fsp3) is 0.333. The largest absolute Gasteiger partial charge is 0.361 e. The maximum atomic E-state index is 14.8. The van der Waals surface area contributed by atoms with Gasteiger partial charge in [0.05, 0.1) is 29.4 Å². The van der Waals surface area contributed by atoms with Crippen LogP contribution in [0.5, 0.6) is 0 Å². The highest BCUT2D eigenvalue weighted by Gasteiger charge is 2.37. The molecule has 258 valence electrons. The summed E-state index contributed by atoms with van der Waals surface area (Å²) in [5.41, 5.74) is 5.78. The van der Waals surface area contributed by atoms with Gasteiger partial charge in [0.1, 0.15) is 29.5 Å². The van der Waals surface area contributed by atoms with E-state index in [9.17, 15) is 9.18 Å². The molecule has 1 aliphatic rings. The lowest BCUT2D eigenvalue weighted by Gasteiger charge is -2.45. The lowest BCUT2D eigenvalue weighted by molar-refractivity contribution is 0.0708. The molecule has 1 saturated heterocycles. The third-order valence-electron chi connectivity index (χ3n) is 9.32.